The lowest BCUT2D eigenvalue weighted by Crippen LogP contribution is -2.50. The van der Waals surface area contributed by atoms with Crippen LogP contribution in [-0.4, -0.2) is 87.2 Å². The van der Waals surface area contributed by atoms with Gasteiger partial charge in [-0.15, -0.1) is 0 Å². The first-order chi connectivity index (χ1) is 18.9. The summed E-state index contributed by atoms with van der Waals surface area (Å²) in [5.74, 6) is 0.507. The van der Waals surface area contributed by atoms with Crippen molar-refractivity contribution in [2.75, 3.05) is 50.9 Å². The van der Waals surface area contributed by atoms with Gasteiger partial charge in [-0.1, -0.05) is 12.8 Å². The van der Waals surface area contributed by atoms with Gasteiger partial charge in [-0.2, -0.15) is 4.98 Å². The van der Waals surface area contributed by atoms with Crippen LogP contribution in [0, 0.1) is 0 Å². The number of carbonyl (C=O) groups excluding carboxylic acids is 2. The Morgan fingerprint density at radius 2 is 1.73 bits per heavy atom. The molecule has 0 atom stereocenters. The number of fused-ring (bicyclic) bond motifs is 1. The van der Waals surface area contributed by atoms with E-state index in [-0.39, 0.29) is 17.3 Å². The molecule has 4 heterocycles. The fourth-order valence-corrected chi connectivity index (χ4v) is 5.10. The van der Waals surface area contributed by atoms with Crippen LogP contribution in [0.4, 0.5) is 16.3 Å². The van der Waals surface area contributed by atoms with Gasteiger partial charge in [0.1, 0.15) is 22.8 Å². The highest BCUT2D eigenvalue weighted by molar-refractivity contribution is 6.28. The summed E-state index contributed by atoms with van der Waals surface area (Å²) in [4.78, 5) is 42.3. The largest absolute Gasteiger partial charge is 0.444 e. The predicted octanol–water partition coefficient (Wildman–Crippen LogP) is 4.62. The number of nitrogen functional groups attached to an aromatic ring is 1. The summed E-state index contributed by atoms with van der Waals surface area (Å²) < 4.78 is 7.43. The number of hydrogen-bond acceptors (Lipinski definition) is 8. The molecule has 0 radical (unpaired) electrons. The first-order valence-corrected chi connectivity index (χ1v) is 14.0. The normalized spacial score (nSPS) is 16.1. The third-order valence-electron chi connectivity index (χ3n) is 6.93. The van der Waals surface area contributed by atoms with E-state index in [2.05, 4.69) is 24.4 Å². The van der Waals surface area contributed by atoms with E-state index in [0.29, 0.717) is 30.6 Å². The maximum absolute atomic E-state index is 12.4. The van der Waals surface area contributed by atoms with Crippen LogP contribution in [0.15, 0.2) is 30.6 Å². The molecule has 12 heteroatoms. The maximum Gasteiger partial charge on any atom is 0.410 e. The molecule has 2 aliphatic rings. The molecule has 0 aromatic carbocycles. The maximum atomic E-state index is 12.4. The summed E-state index contributed by atoms with van der Waals surface area (Å²) in [5.41, 5.74) is 7.60. The Kier molecular flexibility index (Phi) is 9.02. The highest BCUT2D eigenvalue weighted by Gasteiger charge is 2.27. The van der Waals surface area contributed by atoms with Crippen molar-refractivity contribution >= 4 is 46.1 Å². The van der Waals surface area contributed by atoms with Crippen molar-refractivity contribution < 1.29 is 14.3 Å². The third kappa shape index (κ3) is 7.12. The van der Waals surface area contributed by atoms with Crippen LogP contribution in [0.2, 0.25) is 5.28 Å². The Balaban J connectivity index is 0.000000185. The molecule has 40 heavy (non-hydrogen) atoms. The van der Waals surface area contributed by atoms with Crippen LogP contribution < -0.4 is 10.6 Å². The van der Waals surface area contributed by atoms with Crippen LogP contribution in [0.25, 0.3) is 11.0 Å². The molecule has 0 bridgehead atoms. The van der Waals surface area contributed by atoms with Gasteiger partial charge in [0, 0.05) is 57.9 Å². The SMILES string of the molecule is CC(C)(C)OC(=O)N1CCN(c2ccc(N)nc2)CC1.CN(C)C(=O)c1cc2cnc(Cl)nc2n1C1CCCC1. The van der Waals surface area contributed by atoms with E-state index in [1.165, 1.54) is 12.8 Å². The molecule has 11 nitrogen and oxygen atoms in total. The van der Waals surface area contributed by atoms with E-state index in [4.69, 9.17) is 22.1 Å². The number of pyridine rings is 1. The average Bonchev–Trinajstić information content (AvgIpc) is 3.56. The molecule has 0 unspecified atom stereocenters. The molecule has 3 aromatic rings. The zero-order valence-corrected chi connectivity index (χ0v) is 24.7. The molecule has 1 saturated carbocycles. The van der Waals surface area contributed by atoms with Gasteiger partial charge in [-0.3, -0.25) is 4.79 Å². The minimum absolute atomic E-state index is 0.00831. The molecular weight excluding hydrogens is 532 g/mol. The van der Waals surface area contributed by atoms with Crippen molar-refractivity contribution in [1.29, 1.82) is 0 Å². The van der Waals surface area contributed by atoms with Crippen molar-refractivity contribution in [3.8, 4) is 0 Å². The summed E-state index contributed by atoms with van der Waals surface area (Å²) in [6, 6.07) is 5.94. The number of nitrogens with two attached hydrogens (primary N) is 1. The van der Waals surface area contributed by atoms with Crippen LogP contribution in [-0.2, 0) is 4.74 Å². The second kappa shape index (κ2) is 12.3. The van der Waals surface area contributed by atoms with Gasteiger partial charge in [0.15, 0.2) is 0 Å². The number of hydrogen-bond donors (Lipinski definition) is 1. The molecule has 0 spiro atoms. The van der Waals surface area contributed by atoms with E-state index in [1.807, 2.05) is 32.9 Å². The number of amides is 2. The average molecular weight is 571 g/mol. The van der Waals surface area contributed by atoms with Gasteiger partial charge >= 0.3 is 6.09 Å². The fourth-order valence-electron chi connectivity index (χ4n) is 4.97. The molecule has 216 valence electrons. The van der Waals surface area contributed by atoms with E-state index in [0.717, 1.165) is 42.7 Å². The van der Waals surface area contributed by atoms with E-state index >= 15 is 0 Å². The zero-order chi connectivity index (χ0) is 29.0. The molecule has 2 N–H and O–H groups in total. The van der Waals surface area contributed by atoms with Crippen molar-refractivity contribution in [2.45, 2.75) is 58.1 Å². The van der Waals surface area contributed by atoms with Crippen LogP contribution in [0.5, 0.6) is 0 Å². The highest BCUT2D eigenvalue weighted by atomic mass is 35.5. The minimum Gasteiger partial charge on any atom is -0.444 e. The van der Waals surface area contributed by atoms with Crippen LogP contribution >= 0.6 is 11.6 Å². The van der Waals surface area contributed by atoms with E-state index < -0.39 is 5.60 Å². The van der Waals surface area contributed by atoms with Crippen molar-refractivity contribution in [2.24, 2.45) is 0 Å². The molecular formula is C28H39ClN8O3. The Morgan fingerprint density at radius 1 is 1.05 bits per heavy atom. The first kappa shape index (κ1) is 29.4. The summed E-state index contributed by atoms with van der Waals surface area (Å²) in [6.07, 6.45) is 7.75. The Morgan fingerprint density at radius 3 is 2.30 bits per heavy atom. The van der Waals surface area contributed by atoms with Gasteiger partial charge in [0.25, 0.3) is 5.91 Å². The molecule has 1 saturated heterocycles. The number of nitrogens with zero attached hydrogens (tertiary/aromatic N) is 7. The molecule has 3 aromatic heterocycles. The van der Waals surface area contributed by atoms with Gasteiger partial charge in [0.05, 0.1) is 11.9 Å². The van der Waals surface area contributed by atoms with Crippen molar-refractivity contribution in [3.05, 3.63) is 41.6 Å². The lowest BCUT2D eigenvalue weighted by Gasteiger charge is -2.36. The number of anilines is 2. The Bertz CT molecular complexity index is 1320. The highest BCUT2D eigenvalue weighted by Crippen LogP contribution is 2.34. The molecule has 5 rings (SSSR count). The summed E-state index contributed by atoms with van der Waals surface area (Å²) in [6.45, 7) is 8.47. The Hall–Kier alpha value is -3.60. The number of ether oxygens (including phenoxy) is 1. The standard InChI is InChI=1S/C14H17ClN4O.C14H22N4O2/c1-18(2)13(20)11-7-9-8-16-14(15)17-12(9)19(11)10-5-3-4-6-10;1-14(2,3)20-13(19)18-8-6-17(7-9-18)11-4-5-12(15)16-10-11/h7-8,10H,3-6H2,1-2H3;4-5,10H,6-9H2,1-3H3,(H2,15,16). The quantitative estimate of drug-likeness (QED) is 0.452. The van der Waals surface area contributed by atoms with E-state index in [1.54, 1.807) is 42.4 Å². The second-order valence-corrected chi connectivity index (χ2v) is 11.7. The summed E-state index contributed by atoms with van der Waals surface area (Å²) in [7, 11) is 3.52. The molecule has 1 aliphatic heterocycles. The van der Waals surface area contributed by atoms with Gasteiger partial charge in [-0.25, -0.2) is 14.8 Å². The number of aromatic nitrogens is 4. The summed E-state index contributed by atoms with van der Waals surface area (Å²) >= 11 is 5.92. The smallest absolute Gasteiger partial charge is 0.410 e. The van der Waals surface area contributed by atoms with Crippen molar-refractivity contribution in [1.82, 2.24) is 29.3 Å². The lowest BCUT2D eigenvalue weighted by atomic mass is 10.2. The zero-order valence-electron chi connectivity index (χ0n) is 23.9. The van der Waals surface area contributed by atoms with Crippen LogP contribution in [0.1, 0.15) is 63.0 Å². The van der Waals surface area contributed by atoms with Gasteiger partial charge in [-0.05, 0) is 63.4 Å². The van der Waals surface area contributed by atoms with E-state index in [9.17, 15) is 9.59 Å². The first-order valence-electron chi connectivity index (χ1n) is 13.6. The lowest BCUT2D eigenvalue weighted by molar-refractivity contribution is 0.0240. The number of carbonyl (C=O) groups is 2. The third-order valence-corrected chi connectivity index (χ3v) is 7.11. The molecule has 1 aliphatic carbocycles. The molecule has 2 amide bonds. The summed E-state index contributed by atoms with van der Waals surface area (Å²) in [5, 5.41) is 1.09. The Labute approximate surface area is 240 Å². The monoisotopic (exact) mass is 570 g/mol. The van der Waals surface area contributed by atoms with Crippen molar-refractivity contribution in [3.63, 3.8) is 0 Å². The topological polar surface area (TPSA) is 123 Å². The number of rotatable bonds is 3. The second-order valence-electron chi connectivity index (χ2n) is 11.4. The predicted molar refractivity (Wildman–Crippen MR) is 157 cm³/mol. The fraction of sp³-hybridized carbons (Fsp3) is 0.536. The van der Waals surface area contributed by atoms with Gasteiger partial charge < -0.3 is 29.7 Å². The number of piperazine rings is 1. The minimum atomic E-state index is -0.449. The van der Waals surface area contributed by atoms with Gasteiger partial charge in [0.2, 0.25) is 5.28 Å². The molecule has 2 fully saturated rings. The number of halogens is 1. The van der Waals surface area contributed by atoms with Crippen LogP contribution in [0.3, 0.4) is 0 Å².